The number of aryl methyl sites for hydroxylation is 1. The zero-order valence-electron chi connectivity index (χ0n) is 16.1. The summed E-state index contributed by atoms with van der Waals surface area (Å²) in [7, 11) is 0. The van der Waals surface area contributed by atoms with Crippen LogP contribution in [0.25, 0.3) is 0 Å². The van der Waals surface area contributed by atoms with Gasteiger partial charge in [0.05, 0.1) is 12.8 Å². The summed E-state index contributed by atoms with van der Waals surface area (Å²) in [4.78, 5) is 21.9. The van der Waals surface area contributed by atoms with Crippen LogP contribution in [0, 0.1) is 0 Å². The van der Waals surface area contributed by atoms with Crippen molar-refractivity contribution in [3.8, 4) is 0 Å². The average Bonchev–Trinajstić information content (AvgIpc) is 2.58. The number of benzene rings is 1. The Kier molecular flexibility index (Phi) is 11.4. The van der Waals surface area contributed by atoms with E-state index >= 15 is 0 Å². The SMILES string of the molecule is CCCCCCCCCCCCc1ccc(CC(=O)O)c(CC(=O)O)c1. The van der Waals surface area contributed by atoms with Gasteiger partial charge in [-0.05, 0) is 29.5 Å². The van der Waals surface area contributed by atoms with Crippen molar-refractivity contribution < 1.29 is 19.8 Å². The molecular formula is C22H34O4. The highest BCUT2D eigenvalue weighted by atomic mass is 16.4. The Morgan fingerprint density at radius 2 is 1.23 bits per heavy atom. The minimum absolute atomic E-state index is 0.117. The van der Waals surface area contributed by atoms with Crippen molar-refractivity contribution in [3.63, 3.8) is 0 Å². The molecule has 26 heavy (non-hydrogen) atoms. The third kappa shape index (κ3) is 10.2. The fraction of sp³-hybridized carbons (Fsp3) is 0.636. The molecule has 1 rings (SSSR count). The van der Waals surface area contributed by atoms with Crippen LogP contribution >= 0.6 is 0 Å². The number of hydrogen-bond acceptors (Lipinski definition) is 2. The van der Waals surface area contributed by atoms with E-state index in [4.69, 9.17) is 10.2 Å². The largest absolute Gasteiger partial charge is 0.481 e. The van der Waals surface area contributed by atoms with Gasteiger partial charge in [0, 0.05) is 0 Å². The first-order valence-electron chi connectivity index (χ1n) is 10.1. The van der Waals surface area contributed by atoms with Crippen molar-refractivity contribution in [1.82, 2.24) is 0 Å². The number of unbranched alkanes of at least 4 members (excludes halogenated alkanes) is 9. The van der Waals surface area contributed by atoms with E-state index in [2.05, 4.69) is 6.92 Å². The lowest BCUT2D eigenvalue weighted by Gasteiger charge is -2.09. The first-order chi connectivity index (χ1) is 12.5. The third-order valence-electron chi connectivity index (χ3n) is 4.77. The molecule has 4 nitrogen and oxygen atoms in total. The Morgan fingerprint density at radius 3 is 1.77 bits per heavy atom. The summed E-state index contributed by atoms with van der Waals surface area (Å²) < 4.78 is 0. The van der Waals surface area contributed by atoms with Gasteiger partial charge in [0.2, 0.25) is 0 Å². The van der Waals surface area contributed by atoms with Crippen LogP contribution in [0.5, 0.6) is 0 Å². The molecule has 0 saturated heterocycles. The number of aliphatic carboxylic acids is 2. The Balaban J connectivity index is 2.31. The predicted octanol–water partition coefficient (Wildman–Crippen LogP) is 5.40. The van der Waals surface area contributed by atoms with Gasteiger partial charge in [-0.1, -0.05) is 82.9 Å². The van der Waals surface area contributed by atoms with Crippen molar-refractivity contribution in [1.29, 1.82) is 0 Å². The molecule has 0 amide bonds. The molecule has 0 bridgehead atoms. The standard InChI is InChI=1S/C22H34O4/c1-2-3-4-5-6-7-8-9-10-11-12-18-13-14-19(16-21(23)24)20(15-18)17-22(25)26/h13-15H,2-12,16-17H2,1H3,(H,23,24)(H,25,26). The molecular weight excluding hydrogens is 328 g/mol. The molecule has 1 aromatic carbocycles. The fourth-order valence-corrected chi connectivity index (χ4v) is 3.31. The second-order valence-electron chi connectivity index (χ2n) is 7.18. The van der Waals surface area contributed by atoms with Gasteiger partial charge >= 0.3 is 11.9 Å². The third-order valence-corrected chi connectivity index (χ3v) is 4.77. The summed E-state index contributed by atoms with van der Waals surface area (Å²) in [6.07, 6.45) is 13.6. The Hall–Kier alpha value is -1.84. The normalized spacial score (nSPS) is 10.8. The van der Waals surface area contributed by atoms with Gasteiger partial charge in [0.15, 0.2) is 0 Å². The van der Waals surface area contributed by atoms with Crippen molar-refractivity contribution in [2.24, 2.45) is 0 Å². The quantitative estimate of drug-likeness (QED) is 0.409. The predicted molar refractivity (Wildman–Crippen MR) is 105 cm³/mol. The maximum Gasteiger partial charge on any atom is 0.307 e. The summed E-state index contributed by atoms with van der Waals surface area (Å²) in [5, 5.41) is 18.0. The smallest absolute Gasteiger partial charge is 0.307 e. The van der Waals surface area contributed by atoms with Gasteiger partial charge in [-0.2, -0.15) is 0 Å². The molecule has 0 saturated carbocycles. The highest BCUT2D eigenvalue weighted by Gasteiger charge is 2.11. The average molecular weight is 363 g/mol. The molecule has 0 radical (unpaired) electrons. The molecule has 0 aromatic heterocycles. The monoisotopic (exact) mass is 362 g/mol. The fourth-order valence-electron chi connectivity index (χ4n) is 3.31. The Morgan fingerprint density at radius 1 is 0.731 bits per heavy atom. The van der Waals surface area contributed by atoms with Crippen LogP contribution in [0.2, 0.25) is 0 Å². The number of rotatable bonds is 15. The Bertz CT molecular complexity index is 551. The van der Waals surface area contributed by atoms with Crippen LogP contribution in [0.15, 0.2) is 18.2 Å². The van der Waals surface area contributed by atoms with Crippen molar-refractivity contribution in [2.75, 3.05) is 0 Å². The number of carbonyl (C=O) groups is 2. The highest BCUT2D eigenvalue weighted by Crippen LogP contribution is 2.17. The van der Waals surface area contributed by atoms with E-state index in [0.29, 0.717) is 11.1 Å². The van der Waals surface area contributed by atoms with E-state index in [1.165, 1.54) is 57.8 Å². The molecule has 1 aromatic rings. The summed E-state index contributed by atoms with van der Waals surface area (Å²) >= 11 is 0. The molecule has 0 atom stereocenters. The van der Waals surface area contributed by atoms with Gasteiger partial charge < -0.3 is 10.2 Å². The molecule has 2 N–H and O–H groups in total. The lowest BCUT2D eigenvalue weighted by atomic mass is 9.96. The van der Waals surface area contributed by atoms with Gasteiger partial charge in [-0.3, -0.25) is 9.59 Å². The number of carboxylic acids is 2. The minimum Gasteiger partial charge on any atom is -0.481 e. The van der Waals surface area contributed by atoms with E-state index in [-0.39, 0.29) is 12.8 Å². The van der Waals surface area contributed by atoms with E-state index in [1.807, 2.05) is 12.1 Å². The van der Waals surface area contributed by atoms with Gasteiger partial charge in [0.1, 0.15) is 0 Å². The molecule has 0 heterocycles. The molecule has 0 fully saturated rings. The summed E-state index contributed by atoms with van der Waals surface area (Å²) in [6.45, 7) is 2.24. The van der Waals surface area contributed by atoms with Gasteiger partial charge in [-0.15, -0.1) is 0 Å². The van der Waals surface area contributed by atoms with Crippen LogP contribution in [-0.2, 0) is 28.9 Å². The minimum atomic E-state index is -0.931. The highest BCUT2D eigenvalue weighted by molar-refractivity contribution is 5.74. The molecule has 4 heteroatoms. The van der Waals surface area contributed by atoms with Crippen molar-refractivity contribution >= 4 is 11.9 Å². The molecule has 0 aliphatic carbocycles. The van der Waals surface area contributed by atoms with E-state index < -0.39 is 11.9 Å². The summed E-state index contributed by atoms with van der Waals surface area (Å²) in [5.41, 5.74) is 2.34. The van der Waals surface area contributed by atoms with Crippen LogP contribution < -0.4 is 0 Å². The molecule has 0 unspecified atom stereocenters. The summed E-state index contributed by atoms with van der Waals surface area (Å²) in [5.74, 6) is -1.85. The lowest BCUT2D eigenvalue weighted by molar-refractivity contribution is -0.137. The van der Waals surface area contributed by atoms with E-state index in [1.54, 1.807) is 6.07 Å². The zero-order valence-corrected chi connectivity index (χ0v) is 16.1. The lowest BCUT2D eigenvalue weighted by Crippen LogP contribution is -2.08. The number of carboxylic acid groups (broad SMARTS) is 2. The van der Waals surface area contributed by atoms with Gasteiger partial charge in [-0.25, -0.2) is 0 Å². The molecule has 0 aliphatic rings. The molecule has 0 spiro atoms. The van der Waals surface area contributed by atoms with Crippen LogP contribution in [0.1, 0.15) is 87.8 Å². The Labute approximate surface area is 157 Å². The maximum absolute atomic E-state index is 11.0. The maximum atomic E-state index is 11.0. The van der Waals surface area contributed by atoms with Crippen LogP contribution in [-0.4, -0.2) is 22.2 Å². The number of hydrogen-bond donors (Lipinski definition) is 2. The molecule has 0 aliphatic heterocycles. The first-order valence-corrected chi connectivity index (χ1v) is 10.1. The second-order valence-corrected chi connectivity index (χ2v) is 7.18. The van der Waals surface area contributed by atoms with Gasteiger partial charge in [0.25, 0.3) is 0 Å². The van der Waals surface area contributed by atoms with Crippen LogP contribution in [0.3, 0.4) is 0 Å². The van der Waals surface area contributed by atoms with Crippen LogP contribution in [0.4, 0.5) is 0 Å². The van der Waals surface area contributed by atoms with E-state index in [9.17, 15) is 9.59 Å². The molecule has 146 valence electrons. The van der Waals surface area contributed by atoms with E-state index in [0.717, 1.165) is 18.4 Å². The topological polar surface area (TPSA) is 74.6 Å². The zero-order chi connectivity index (χ0) is 19.2. The summed E-state index contributed by atoms with van der Waals surface area (Å²) in [6, 6.07) is 5.59. The van der Waals surface area contributed by atoms with Crippen molar-refractivity contribution in [3.05, 3.63) is 34.9 Å². The second kappa shape index (κ2) is 13.4. The first kappa shape index (κ1) is 22.2. The van der Waals surface area contributed by atoms with Crippen molar-refractivity contribution in [2.45, 2.75) is 90.4 Å².